The predicted molar refractivity (Wildman–Crippen MR) is 82.0 cm³/mol. The molecular weight excluding hydrogens is 270 g/mol. The number of hydrogen-bond acceptors (Lipinski definition) is 4. The molecule has 1 heterocycles. The number of nitrogen functional groups attached to an aromatic ring is 1. The fourth-order valence-corrected chi connectivity index (χ4v) is 2.90. The predicted octanol–water partition coefficient (Wildman–Crippen LogP) is 3.34. The highest BCUT2D eigenvalue weighted by Crippen LogP contribution is 2.40. The van der Waals surface area contributed by atoms with Crippen LogP contribution in [0, 0.1) is 0 Å². The summed E-state index contributed by atoms with van der Waals surface area (Å²) >= 11 is 1.49. The maximum absolute atomic E-state index is 12.2. The molecule has 0 bridgehead atoms. The van der Waals surface area contributed by atoms with Crippen molar-refractivity contribution in [3.8, 4) is 0 Å². The van der Waals surface area contributed by atoms with Gasteiger partial charge in [0, 0.05) is 17.0 Å². The minimum atomic E-state index is -0.244. The van der Waals surface area contributed by atoms with Crippen molar-refractivity contribution in [3.05, 3.63) is 40.9 Å². The van der Waals surface area contributed by atoms with Gasteiger partial charge in [-0.1, -0.05) is 12.1 Å². The highest BCUT2D eigenvalue weighted by Gasteiger charge is 2.26. The Morgan fingerprint density at radius 3 is 3.00 bits per heavy atom. The first-order valence-electron chi connectivity index (χ1n) is 6.75. The number of amides is 1. The largest absolute Gasteiger partial charge is 0.399 e. The van der Waals surface area contributed by atoms with Gasteiger partial charge in [0.05, 0.1) is 11.6 Å². The molecule has 1 saturated carbocycles. The van der Waals surface area contributed by atoms with Crippen LogP contribution in [0.1, 0.15) is 42.9 Å². The molecule has 1 unspecified atom stereocenters. The summed E-state index contributed by atoms with van der Waals surface area (Å²) in [6.07, 6.45) is 2.44. The van der Waals surface area contributed by atoms with Gasteiger partial charge in [-0.2, -0.15) is 0 Å². The fourth-order valence-electron chi connectivity index (χ4n) is 2.10. The summed E-state index contributed by atoms with van der Waals surface area (Å²) < 4.78 is 0. The van der Waals surface area contributed by atoms with Gasteiger partial charge in [0.1, 0.15) is 0 Å². The lowest BCUT2D eigenvalue weighted by Crippen LogP contribution is -2.18. The van der Waals surface area contributed by atoms with Gasteiger partial charge in [0.15, 0.2) is 5.13 Å². The van der Waals surface area contributed by atoms with E-state index >= 15 is 0 Å². The van der Waals surface area contributed by atoms with Crippen LogP contribution >= 0.6 is 11.3 Å². The maximum Gasteiger partial charge on any atom is 0.233 e. The third kappa shape index (κ3) is 2.82. The number of hydrogen-bond donors (Lipinski definition) is 2. The molecular formula is C15H17N3OS. The van der Waals surface area contributed by atoms with Crippen LogP contribution in [-0.2, 0) is 4.79 Å². The lowest BCUT2D eigenvalue weighted by molar-refractivity contribution is -0.117. The zero-order valence-electron chi connectivity index (χ0n) is 11.3. The van der Waals surface area contributed by atoms with Gasteiger partial charge in [0.25, 0.3) is 0 Å². The first kappa shape index (κ1) is 13.1. The third-order valence-corrected chi connectivity index (χ3v) is 4.33. The maximum atomic E-state index is 12.2. The number of carbonyl (C=O) groups is 1. The van der Waals surface area contributed by atoms with Crippen molar-refractivity contribution in [3.63, 3.8) is 0 Å². The molecule has 4 nitrogen and oxygen atoms in total. The summed E-state index contributed by atoms with van der Waals surface area (Å²) in [6, 6.07) is 7.43. The van der Waals surface area contributed by atoms with Gasteiger partial charge in [-0.05, 0) is 37.5 Å². The van der Waals surface area contributed by atoms with E-state index in [1.807, 2.05) is 36.6 Å². The van der Waals surface area contributed by atoms with Crippen molar-refractivity contribution >= 4 is 28.1 Å². The lowest BCUT2D eigenvalue weighted by Gasteiger charge is -2.11. The topological polar surface area (TPSA) is 68.0 Å². The molecule has 3 rings (SSSR count). The highest BCUT2D eigenvalue weighted by molar-refractivity contribution is 7.13. The van der Waals surface area contributed by atoms with Gasteiger partial charge in [-0.15, -0.1) is 11.3 Å². The van der Waals surface area contributed by atoms with Gasteiger partial charge in [-0.3, -0.25) is 4.79 Å². The Hall–Kier alpha value is -1.88. The van der Waals surface area contributed by atoms with Crippen LogP contribution < -0.4 is 11.1 Å². The van der Waals surface area contributed by atoms with E-state index in [0.29, 0.717) is 16.7 Å². The van der Waals surface area contributed by atoms with Crippen LogP contribution in [-0.4, -0.2) is 10.9 Å². The molecule has 0 aliphatic heterocycles. The quantitative estimate of drug-likeness (QED) is 0.847. The monoisotopic (exact) mass is 287 g/mol. The normalized spacial score (nSPS) is 15.8. The molecule has 0 radical (unpaired) electrons. The minimum Gasteiger partial charge on any atom is -0.399 e. The van der Waals surface area contributed by atoms with E-state index < -0.39 is 0 Å². The minimum absolute atomic E-state index is 0.0488. The average Bonchev–Trinajstić information content (AvgIpc) is 3.19. The number of nitrogens with two attached hydrogens (primary N) is 1. The summed E-state index contributed by atoms with van der Waals surface area (Å²) in [4.78, 5) is 16.7. The Bertz CT molecular complexity index is 634. The zero-order valence-corrected chi connectivity index (χ0v) is 12.1. The molecule has 20 heavy (non-hydrogen) atoms. The molecule has 3 N–H and O–H groups in total. The Morgan fingerprint density at radius 1 is 1.50 bits per heavy atom. The second-order valence-electron chi connectivity index (χ2n) is 5.23. The van der Waals surface area contributed by atoms with Crippen molar-refractivity contribution in [1.29, 1.82) is 0 Å². The van der Waals surface area contributed by atoms with E-state index in [2.05, 4.69) is 10.3 Å². The van der Waals surface area contributed by atoms with Crippen molar-refractivity contribution in [2.24, 2.45) is 0 Å². The first-order chi connectivity index (χ1) is 9.63. The molecule has 1 aromatic carbocycles. The lowest BCUT2D eigenvalue weighted by atomic mass is 10.00. The number of rotatable bonds is 4. The van der Waals surface area contributed by atoms with Crippen molar-refractivity contribution < 1.29 is 4.79 Å². The van der Waals surface area contributed by atoms with E-state index in [1.54, 1.807) is 0 Å². The molecule has 1 aromatic heterocycles. The van der Waals surface area contributed by atoms with Gasteiger partial charge in [-0.25, -0.2) is 4.98 Å². The van der Waals surface area contributed by atoms with Crippen LogP contribution in [0.4, 0.5) is 10.8 Å². The second-order valence-corrected chi connectivity index (χ2v) is 6.09. The van der Waals surface area contributed by atoms with Crippen molar-refractivity contribution in [1.82, 2.24) is 4.98 Å². The first-order valence-corrected chi connectivity index (χ1v) is 7.63. The number of aromatic nitrogens is 1. The number of anilines is 2. The molecule has 1 atom stereocenters. The van der Waals surface area contributed by atoms with Crippen molar-refractivity contribution in [2.75, 3.05) is 11.1 Å². The van der Waals surface area contributed by atoms with E-state index in [-0.39, 0.29) is 11.8 Å². The average molecular weight is 287 g/mol. The fraction of sp³-hybridized carbons (Fsp3) is 0.333. The second kappa shape index (κ2) is 5.25. The number of benzene rings is 1. The van der Waals surface area contributed by atoms with Crippen LogP contribution in [0.3, 0.4) is 0 Å². The molecule has 1 aliphatic carbocycles. The zero-order chi connectivity index (χ0) is 14.1. The van der Waals surface area contributed by atoms with Gasteiger partial charge < -0.3 is 11.1 Å². The van der Waals surface area contributed by atoms with E-state index in [4.69, 9.17) is 5.73 Å². The number of thiazole rings is 1. The summed E-state index contributed by atoms with van der Waals surface area (Å²) in [5, 5.41) is 5.62. The van der Waals surface area contributed by atoms with Crippen LogP contribution in [0.5, 0.6) is 0 Å². The summed E-state index contributed by atoms with van der Waals surface area (Å²) in [5.74, 6) is 0.322. The van der Waals surface area contributed by atoms with E-state index in [9.17, 15) is 4.79 Å². The van der Waals surface area contributed by atoms with Crippen LogP contribution in [0.2, 0.25) is 0 Å². The third-order valence-electron chi connectivity index (χ3n) is 3.55. The Morgan fingerprint density at radius 2 is 2.30 bits per heavy atom. The number of carbonyl (C=O) groups excluding carboxylic acids is 1. The van der Waals surface area contributed by atoms with Gasteiger partial charge >= 0.3 is 0 Å². The standard InChI is InChI=1S/C15H17N3OS/c1-9(11-3-2-4-12(16)7-11)14(19)18-15-17-13(8-20-15)10-5-6-10/h2-4,7-10H,5-6,16H2,1H3,(H,17,18,19). The molecule has 1 fully saturated rings. The molecule has 0 spiro atoms. The van der Waals surface area contributed by atoms with Crippen LogP contribution in [0.15, 0.2) is 29.6 Å². The summed E-state index contributed by atoms with van der Waals surface area (Å²) in [6.45, 7) is 1.87. The van der Waals surface area contributed by atoms with Crippen molar-refractivity contribution in [2.45, 2.75) is 31.6 Å². The molecule has 1 amide bonds. The van der Waals surface area contributed by atoms with Crippen LogP contribution in [0.25, 0.3) is 0 Å². The van der Waals surface area contributed by atoms with E-state index in [1.165, 1.54) is 24.2 Å². The Kier molecular flexibility index (Phi) is 3.44. The molecule has 1 aliphatic rings. The molecule has 5 heteroatoms. The Labute approximate surface area is 122 Å². The Balaban J connectivity index is 1.68. The molecule has 2 aromatic rings. The molecule has 0 saturated heterocycles. The SMILES string of the molecule is CC(C(=O)Nc1nc(C2CC2)cs1)c1cccc(N)c1. The number of nitrogens with one attached hydrogen (secondary N) is 1. The van der Waals surface area contributed by atoms with E-state index in [0.717, 1.165) is 11.3 Å². The van der Waals surface area contributed by atoms with Gasteiger partial charge in [0.2, 0.25) is 5.91 Å². The smallest absolute Gasteiger partial charge is 0.233 e. The summed E-state index contributed by atoms with van der Waals surface area (Å²) in [7, 11) is 0. The molecule has 104 valence electrons. The highest BCUT2D eigenvalue weighted by atomic mass is 32.1. The number of nitrogens with zero attached hydrogens (tertiary/aromatic N) is 1. The summed E-state index contributed by atoms with van der Waals surface area (Å²) in [5.41, 5.74) is 8.46.